The van der Waals surface area contributed by atoms with Crippen LogP contribution in [0.1, 0.15) is 44.2 Å². The number of aliphatic hydroxyl groups is 1. The molecule has 0 radical (unpaired) electrons. The predicted octanol–water partition coefficient (Wildman–Crippen LogP) is 7.10. The molecule has 0 saturated heterocycles. The second-order valence-corrected chi connectivity index (χ2v) is 12.9. The lowest BCUT2D eigenvalue weighted by atomic mass is 9.87. The molecule has 1 aliphatic rings. The lowest BCUT2D eigenvalue weighted by Crippen LogP contribution is -2.23. The van der Waals surface area contributed by atoms with E-state index < -0.39 is 0 Å². The molecule has 7 nitrogen and oxygen atoms in total. The maximum Gasteiger partial charge on any atom is 0.285 e. The number of hydrogen-bond acceptors (Lipinski definition) is 7. The minimum atomic E-state index is -0.311. The zero-order chi connectivity index (χ0) is 27.1. The summed E-state index contributed by atoms with van der Waals surface area (Å²) in [5, 5.41) is 11.0. The number of hydrogen-bond donors (Lipinski definition) is 2. The number of benzene rings is 1. The minimum absolute atomic E-state index is 0.0524. The molecule has 1 aliphatic carbocycles. The van der Waals surface area contributed by atoms with Gasteiger partial charge in [-0.1, -0.05) is 77.7 Å². The van der Waals surface area contributed by atoms with Crippen LogP contribution >= 0.6 is 81.0 Å². The van der Waals surface area contributed by atoms with E-state index in [1.807, 2.05) is 9.34 Å². The molecule has 1 fully saturated rings. The van der Waals surface area contributed by atoms with Crippen LogP contribution in [0.4, 0.5) is 0 Å². The first kappa shape index (κ1) is 30.2. The van der Waals surface area contributed by atoms with Crippen molar-refractivity contribution in [3.8, 4) is 5.69 Å². The quantitative estimate of drug-likeness (QED) is 0.249. The predicted molar refractivity (Wildman–Crippen MR) is 156 cm³/mol. The second-order valence-electron chi connectivity index (χ2n) is 8.20. The highest BCUT2D eigenvalue weighted by atomic mass is 35.5. The van der Waals surface area contributed by atoms with Crippen molar-refractivity contribution >= 4 is 81.0 Å². The van der Waals surface area contributed by atoms with Gasteiger partial charge in [0, 0.05) is 22.5 Å². The molecule has 37 heavy (non-hydrogen) atoms. The summed E-state index contributed by atoms with van der Waals surface area (Å²) in [6, 6.07) is 9.01. The fourth-order valence-electron chi connectivity index (χ4n) is 3.68. The van der Waals surface area contributed by atoms with Crippen LogP contribution in [0.3, 0.4) is 0 Å². The van der Waals surface area contributed by atoms with Crippen LogP contribution in [0.2, 0.25) is 18.7 Å². The van der Waals surface area contributed by atoms with Crippen LogP contribution in [-0.4, -0.2) is 17.4 Å². The fraction of sp³-hybridized carbons (Fsp3) is 0.348. The normalized spacial score (nSPS) is 16.9. The molecular weight excluding hydrogens is 620 g/mol. The van der Waals surface area contributed by atoms with Crippen molar-refractivity contribution in [3.63, 3.8) is 0 Å². The summed E-state index contributed by atoms with van der Waals surface area (Å²) in [6.07, 6.45) is 4.97. The molecule has 1 aromatic carbocycles. The van der Waals surface area contributed by atoms with Crippen LogP contribution in [0.5, 0.6) is 0 Å². The Kier molecular flexibility index (Phi) is 11.5. The van der Waals surface area contributed by atoms with E-state index in [9.17, 15) is 14.4 Å². The molecule has 2 atom stereocenters. The molecular formula is C23H23Cl4N3O4S3. The number of nitrogens with one attached hydrogen (secondary N) is 1. The minimum Gasteiger partial charge on any atom is -0.391 e. The van der Waals surface area contributed by atoms with Crippen LogP contribution in [0.15, 0.2) is 50.1 Å². The zero-order valence-corrected chi connectivity index (χ0v) is 24.9. The first-order valence-electron chi connectivity index (χ1n) is 11.1. The SMILES string of the molecule is CC1CCCC(n2sccc2=O)C1.O=c1[nH]sc(Cl)c1CO.O=c1c(Cl)c(Cl)sn1-c1ccc(Cl)cc1. The van der Waals surface area contributed by atoms with Gasteiger partial charge in [-0.2, -0.15) is 0 Å². The van der Waals surface area contributed by atoms with Crippen molar-refractivity contribution in [2.24, 2.45) is 5.92 Å². The lowest BCUT2D eigenvalue weighted by molar-refractivity contribution is 0.281. The van der Waals surface area contributed by atoms with Gasteiger partial charge in [0.05, 0.1) is 17.9 Å². The van der Waals surface area contributed by atoms with E-state index in [0.29, 0.717) is 21.1 Å². The maximum absolute atomic E-state index is 11.6. The van der Waals surface area contributed by atoms with E-state index in [4.69, 9.17) is 51.5 Å². The average Bonchev–Trinajstić information content (AvgIpc) is 3.53. The van der Waals surface area contributed by atoms with Crippen molar-refractivity contribution in [1.29, 1.82) is 0 Å². The third kappa shape index (κ3) is 8.06. The van der Waals surface area contributed by atoms with Gasteiger partial charge in [-0.05, 0) is 66.1 Å². The monoisotopic (exact) mass is 641 g/mol. The highest BCUT2D eigenvalue weighted by Crippen LogP contribution is 2.32. The number of H-pyrrole nitrogens is 1. The molecule has 200 valence electrons. The Morgan fingerprint density at radius 2 is 1.73 bits per heavy atom. The number of nitrogens with zero attached hydrogens (tertiary/aromatic N) is 2. The zero-order valence-electron chi connectivity index (χ0n) is 19.5. The van der Waals surface area contributed by atoms with E-state index in [1.165, 1.54) is 29.6 Å². The Balaban J connectivity index is 0.000000159. The Hall–Kier alpha value is -1.37. The molecule has 0 amide bonds. The van der Waals surface area contributed by atoms with Crippen LogP contribution in [0.25, 0.3) is 5.69 Å². The Morgan fingerprint density at radius 3 is 2.19 bits per heavy atom. The van der Waals surface area contributed by atoms with Gasteiger partial charge in [-0.3, -0.25) is 22.7 Å². The van der Waals surface area contributed by atoms with Crippen LogP contribution in [0, 0.1) is 5.92 Å². The molecule has 14 heteroatoms. The summed E-state index contributed by atoms with van der Waals surface area (Å²) in [7, 11) is 0. The Morgan fingerprint density at radius 1 is 1.03 bits per heavy atom. The topological polar surface area (TPSA) is 97.1 Å². The molecule has 3 aromatic heterocycles. The van der Waals surface area contributed by atoms with E-state index in [0.717, 1.165) is 29.0 Å². The largest absolute Gasteiger partial charge is 0.391 e. The summed E-state index contributed by atoms with van der Waals surface area (Å²) < 4.78 is 6.36. The molecule has 3 heterocycles. The van der Waals surface area contributed by atoms with Gasteiger partial charge in [-0.15, -0.1) is 0 Å². The van der Waals surface area contributed by atoms with Gasteiger partial charge in [0.1, 0.15) is 13.7 Å². The highest BCUT2D eigenvalue weighted by molar-refractivity contribution is 7.12. The fourth-order valence-corrected chi connectivity index (χ4v) is 6.74. The molecule has 0 bridgehead atoms. The van der Waals surface area contributed by atoms with Crippen molar-refractivity contribution in [1.82, 2.24) is 12.3 Å². The Labute approximate surface area is 244 Å². The molecule has 1 saturated carbocycles. The lowest BCUT2D eigenvalue weighted by Gasteiger charge is -2.26. The molecule has 5 rings (SSSR count). The average molecular weight is 643 g/mol. The molecule has 2 unspecified atom stereocenters. The number of rotatable bonds is 3. The summed E-state index contributed by atoms with van der Waals surface area (Å²) in [4.78, 5) is 33.6. The van der Waals surface area contributed by atoms with E-state index >= 15 is 0 Å². The number of aromatic amines is 1. The standard InChI is InChI=1S/C10H15NOS.C9H4Cl3NOS.C4H4ClNO2S/c1-8-3-2-4-9(7-8)11-10(12)5-6-13-11;10-5-1-3-6(4-2-5)13-9(14)7(11)8(12)15-13;5-3-2(1-7)4(8)6-9-3/h5-6,8-9H,2-4,7H2,1H3;1-4H;7H,1H2,(H,6,8). The van der Waals surface area contributed by atoms with E-state index in [1.54, 1.807) is 41.9 Å². The summed E-state index contributed by atoms with van der Waals surface area (Å²) >= 11 is 26.3. The van der Waals surface area contributed by atoms with Gasteiger partial charge < -0.3 is 5.11 Å². The van der Waals surface area contributed by atoms with Crippen molar-refractivity contribution in [3.05, 3.63) is 91.1 Å². The van der Waals surface area contributed by atoms with Gasteiger partial charge >= 0.3 is 0 Å². The summed E-state index contributed by atoms with van der Waals surface area (Å²) in [5.74, 6) is 0.785. The Bertz CT molecular complexity index is 1470. The second kappa shape index (κ2) is 14.1. The number of halogens is 4. The highest BCUT2D eigenvalue weighted by Gasteiger charge is 2.21. The van der Waals surface area contributed by atoms with Crippen molar-refractivity contribution in [2.45, 2.75) is 45.3 Å². The van der Waals surface area contributed by atoms with Gasteiger partial charge in [0.15, 0.2) is 0 Å². The summed E-state index contributed by atoms with van der Waals surface area (Å²) in [5.41, 5.74) is 0.524. The molecule has 0 spiro atoms. The molecule has 0 aliphatic heterocycles. The van der Waals surface area contributed by atoms with Crippen LogP contribution < -0.4 is 16.7 Å². The molecule has 2 N–H and O–H groups in total. The maximum atomic E-state index is 11.6. The van der Waals surface area contributed by atoms with Gasteiger partial charge in [0.25, 0.3) is 16.7 Å². The molecule has 4 aromatic rings. The van der Waals surface area contributed by atoms with E-state index in [-0.39, 0.29) is 38.2 Å². The van der Waals surface area contributed by atoms with Crippen molar-refractivity contribution in [2.75, 3.05) is 0 Å². The van der Waals surface area contributed by atoms with E-state index in [2.05, 4.69) is 11.3 Å². The van der Waals surface area contributed by atoms with Crippen LogP contribution in [-0.2, 0) is 6.61 Å². The summed E-state index contributed by atoms with van der Waals surface area (Å²) in [6.45, 7) is 1.99. The van der Waals surface area contributed by atoms with Gasteiger partial charge in [-0.25, -0.2) is 3.96 Å². The smallest absolute Gasteiger partial charge is 0.285 e. The number of aliphatic hydroxyl groups excluding tert-OH is 1. The first-order valence-corrected chi connectivity index (χ1v) is 15.0. The third-order valence-corrected chi connectivity index (χ3v) is 9.79. The first-order chi connectivity index (χ1) is 17.6. The number of aromatic nitrogens is 3. The van der Waals surface area contributed by atoms with Gasteiger partial charge in [0.2, 0.25) is 0 Å². The third-order valence-electron chi connectivity index (χ3n) is 5.52. The van der Waals surface area contributed by atoms with Crippen molar-refractivity contribution < 1.29 is 5.11 Å².